The van der Waals surface area contributed by atoms with Crippen molar-refractivity contribution in [3.8, 4) is 0 Å². The van der Waals surface area contributed by atoms with E-state index in [0.717, 1.165) is 11.3 Å². The highest BCUT2D eigenvalue weighted by Gasteiger charge is 2.39. The summed E-state index contributed by atoms with van der Waals surface area (Å²) < 4.78 is 0. The average molecular weight is 182 g/mol. The Morgan fingerprint density at radius 1 is 0.846 bits per heavy atom. The van der Waals surface area contributed by atoms with E-state index < -0.39 is 0 Å². The lowest BCUT2D eigenvalue weighted by molar-refractivity contribution is 0.115. The van der Waals surface area contributed by atoms with Gasteiger partial charge in [-0.1, -0.05) is 52.9 Å². The fourth-order valence-corrected chi connectivity index (χ4v) is 3.30. The van der Waals surface area contributed by atoms with E-state index in [9.17, 15) is 0 Å². The van der Waals surface area contributed by atoms with E-state index in [0.29, 0.717) is 0 Å². The van der Waals surface area contributed by atoms with Crippen LogP contribution in [0.15, 0.2) is 0 Å². The van der Waals surface area contributed by atoms with Crippen molar-refractivity contribution in [1.82, 2.24) is 0 Å². The van der Waals surface area contributed by atoms with Crippen LogP contribution in [-0.4, -0.2) is 0 Å². The maximum Gasteiger partial charge on any atom is -0.0272 e. The van der Waals surface area contributed by atoms with Crippen molar-refractivity contribution < 1.29 is 0 Å². The molecule has 0 radical (unpaired) electrons. The first-order chi connectivity index (χ1) is 6.33. The molecule has 0 amide bonds. The molecule has 2 fully saturated rings. The van der Waals surface area contributed by atoms with Gasteiger partial charge in [-0.25, -0.2) is 0 Å². The summed E-state index contributed by atoms with van der Waals surface area (Å²) in [7, 11) is 0. The normalized spacial score (nSPS) is 31.2. The Balaban J connectivity index is 0.000000396. The zero-order chi connectivity index (χ0) is 9.73. The molecule has 1 atom stereocenters. The molecular weight excluding hydrogens is 156 g/mol. The summed E-state index contributed by atoms with van der Waals surface area (Å²) in [4.78, 5) is 0. The molecule has 78 valence electrons. The van der Waals surface area contributed by atoms with Crippen LogP contribution >= 0.6 is 0 Å². The first-order valence-corrected chi connectivity index (χ1v) is 6.33. The van der Waals surface area contributed by atoms with Crippen LogP contribution in [0.4, 0.5) is 0 Å². The predicted molar refractivity (Wildman–Crippen MR) is 59.9 cm³/mol. The summed E-state index contributed by atoms with van der Waals surface area (Å²) in [5.74, 6) is 1.04. The van der Waals surface area contributed by atoms with Crippen molar-refractivity contribution >= 4 is 0 Å². The average Bonchev–Trinajstić information content (AvgIpc) is 2.64. The van der Waals surface area contributed by atoms with Gasteiger partial charge in [0.15, 0.2) is 0 Å². The standard InChI is InChI=1S/C11H20.C2H6/c1-10-6-2-3-7-11(10)8-4-5-9-11;1-2/h10H,2-9H2,1H3;1-2H3. The second-order valence-corrected chi connectivity index (χ2v) is 4.72. The van der Waals surface area contributed by atoms with Gasteiger partial charge in [-0.15, -0.1) is 0 Å². The number of rotatable bonds is 0. The van der Waals surface area contributed by atoms with Gasteiger partial charge in [0.1, 0.15) is 0 Å². The topological polar surface area (TPSA) is 0 Å². The fraction of sp³-hybridized carbons (Fsp3) is 1.00. The molecular formula is C13H26. The quantitative estimate of drug-likeness (QED) is 0.505. The van der Waals surface area contributed by atoms with Crippen LogP contribution in [0.5, 0.6) is 0 Å². The van der Waals surface area contributed by atoms with E-state index in [4.69, 9.17) is 0 Å². The summed E-state index contributed by atoms with van der Waals surface area (Å²) in [6, 6.07) is 0. The zero-order valence-corrected chi connectivity index (χ0v) is 9.73. The van der Waals surface area contributed by atoms with Crippen molar-refractivity contribution in [2.75, 3.05) is 0 Å². The summed E-state index contributed by atoms with van der Waals surface area (Å²) in [6.07, 6.45) is 12.2. The molecule has 0 heteroatoms. The van der Waals surface area contributed by atoms with E-state index >= 15 is 0 Å². The molecule has 0 N–H and O–H groups in total. The molecule has 2 aliphatic rings. The van der Waals surface area contributed by atoms with Crippen LogP contribution in [0, 0.1) is 11.3 Å². The van der Waals surface area contributed by atoms with Gasteiger partial charge in [0.25, 0.3) is 0 Å². The van der Waals surface area contributed by atoms with Crippen LogP contribution < -0.4 is 0 Å². The second-order valence-electron chi connectivity index (χ2n) is 4.72. The summed E-state index contributed by atoms with van der Waals surface area (Å²) >= 11 is 0. The highest BCUT2D eigenvalue weighted by molar-refractivity contribution is 4.91. The lowest BCUT2D eigenvalue weighted by Crippen LogP contribution is -2.28. The lowest BCUT2D eigenvalue weighted by atomic mass is 9.66. The van der Waals surface area contributed by atoms with Crippen molar-refractivity contribution in [1.29, 1.82) is 0 Å². The molecule has 0 saturated heterocycles. The Labute approximate surface area is 84.1 Å². The molecule has 0 heterocycles. The summed E-state index contributed by atoms with van der Waals surface area (Å²) in [5, 5.41) is 0. The first kappa shape index (κ1) is 11.1. The minimum Gasteiger partial charge on any atom is -0.0683 e. The van der Waals surface area contributed by atoms with Crippen molar-refractivity contribution in [2.24, 2.45) is 11.3 Å². The van der Waals surface area contributed by atoms with Crippen LogP contribution in [0.3, 0.4) is 0 Å². The van der Waals surface area contributed by atoms with Crippen LogP contribution in [0.25, 0.3) is 0 Å². The highest BCUT2D eigenvalue weighted by Crippen LogP contribution is 2.52. The second kappa shape index (κ2) is 5.02. The van der Waals surface area contributed by atoms with Crippen LogP contribution in [0.2, 0.25) is 0 Å². The molecule has 1 unspecified atom stereocenters. The summed E-state index contributed by atoms with van der Waals surface area (Å²) in [6.45, 7) is 6.49. The van der Waals surface area contributed by atoms with Crippen molar-refractivity contribution in [3.05, 3.63) is 0 Å². The van der Waals surface area contributed by atoms with Crippen molar-refractivity contribution in [2.45, 2.75) is 72.1 Å². The molecule has 0 nitrogen and oxygen atoms in total. The van der Waals surface area contributed by atoms with E-state index in [1.807, 2.05) is 13.8 Å². The molecule has 2 aliphatic carbocycles. The van der Waals surface area contributed by atoms with Gasteiger partial charge in [0.2, 0.25) is 0 Å². The summed E-state index contributed by atoms with van der Waals surface area (Å²) in [5.41, 5.74) is 0.832. The number of hydrogen-bond donors (Lipinski definition) is 0. The monoisotopic (exact) mass is 182 g/mol. The molecule has 2 saturated carbocycles. The Bertz CT molecular complexity index is 131. The van der Waals surface area contributed by atoms with Gasteiger partial charge < -0.3 is 0 Å². The van der Waals surface area contributed by atoms with Gasteiger partial charge in [0.05, 0.1) is 0 Å². The van der Waals surface area contributed by atoms with E-state index in [2.05, 4.69) is 6.92 Å². The van der Waals surface area contributed by atoms with Gasteiger partial charge >= 0.3 is 0 Å². The largest absolute Gasteiger partial charge is 0.0683 e. The minimum absolute atomic E-state index is 0.832. The molecule has 0 bridgehead atoms. The Morgan fingerprint density at radius 3 is 1.77 bits per heavy atom. The third-order valence-corrected chi connectivity index (χ3v) is 4.21. The first-order valence-electron chi connectivity index (χ1n) is 6.33. The molecule has 1 spiro atoms. The Morgan fingerprint density at radius 2 is 1.31 bits per heavy atom. The Hall–Kier alpha value is 0. The van der Waals surface area contributed by atoms with Crippen LogP contribution in [0.1, 0.15) is 72.1 Å². The van der Waals surface area contributed by atoms with E-state index in [1.165, 1.54) is 32.1 Å². The van der Waals surface area contributed by atoms with E-state index in [-0.39, 0.29) is 0 Å². The van der Waals surface area contributed by atoms with Gasteiger partial charge in [-0.3, -0.25) is 0 Å². The molecule has 0 aliphatic heterocycles. The molecule has 0 aromatic rings. The SMILES string of the molecule is CC.CC1CCCCC12CCCC2. The van der Waals surface area contributed by atoms with E-state index in [1.54, 1.807) is 19.3 Å². The van der Waals surface area contributed by atoms with Gasteiger partial charge in [-0.2, -0.15) is 0 Å². The lowest BCUT2D eigenvalue weighted by Gasteiger charge is -2.39. The molecule has 0 aromatic carbocycles. The van der Waals surface area contributed by atoms with Gasteiger partial charge in [-0.05, 0) is 30.6 Å². The van der Waals surface area contributed by atoms with Crippen LogP contribution in [-0.2, 0) is 0 Å². The maximum absolute atomic E-state index is 2.49. The minimum atomic E-state index is 0.832. The molecule has 0 aromatic heterocycles. The zero-order valence-electron chi connectivity index (χ0n) is 9.73. The smallest absolute Gasteiger partial charge is 0.0272 e. The third-order valence-electron chi connectivity index (χ3n) is 4.21. The molecule has 2 rings (SSSR count). The predicted octanol–water partition coefficient (Wildman–Crippen LogP) is 4.78. The fourth-order valence-electron chi connectivity index (χ4n) is 3.30. The highest BCUT2D eigenvalue weighted by atomic mass is 14.4. The number of hydrogen-bond acceptors (Lipinski definition) is 0. The Kier molecular flexibility index (Phi) is 4.28. The molecule has 13 heavy (non-hydrogen) atoms. The van der Waals surface area contributed by atoms with Gasteiger partial charge in [0, 0.05) is 0 Å². The third kappa shape index (κ3) is 2.27. The maximum atomic E-state index is 2.49. The van der Waals surface area contributed by atoms with Crippen molar-refractivity contribution in [3.63, 3.8) is 0 Å².